The molecule has 2 rings (SSSR count). The number of nitrogens with one attached hydrogen (secondary N) is 2. The third-order valence-corrected chi connectivity index (χ3v) is 4.39. The van der Waals surface area contributed by atoms with Gasteiger partial charge in [-0.05, 0) is 50.8 Å². The Balaban J connectivity index is 1.70. The Morgan fingerprint density at radius 2 is 1.84 bits per heavy atom. The van der Waals surface area contributed by atoms with Gasteiger partial charge in [-0.2, -0.15) is 0 Å². The van der Waals surface area contributed by atoms with Crippen molar-refractivity contribution in [2.24, 2.45) is 0 Å². The van der Waals surface area contributed by atoms with E-state index in [-0.39, 0.29) is 24.0 Å². The molecule has 138 valence electrons. The molecule has 0 bridgehead atoms. The van der Waals surface area contributed by atoms with Gasteiger partial charge < -0.3 is 20.3 Å². The topological polar surface area (TPSA) is 70.7 Å². The molecular formula is C19H29N3O3. The summed E-state index contributed by atoms with van der Waals surface area (Å²) in [4.78, 5) is 26.0. The average Bonchev–Trinajstić information content (AvgIpc) is 2.60. The number of nitrogens with zero attached hydrogens (tertiary/aromatic N) is 1. The minimum atomic E-state index is -0.126. The van der Waals surface area contributed by atoms with Gasteiger partial charge in [-0.25, -0.2) is 4.79 Å². The number of benzene rings is 1. The second-order valence-electron chi connectivity index (χ2n) is 6.78. The van der Waals surface area contributed by atoms with Gasteiger partial charge >= 0.3 is 6.03 Å². The van der Waals surface area contributed by atoms with E-state index in [1.165, 1.54) is 0 Å². The molecule has 0 saturated carbocycles. The minimum absolute atomic E-state index is 0.125. The maximum Gasteiger partial charge on any atom is 0.315 e. The van der Waals surface area contributed by atoms with E-state index in [2.05, 4.69) is 10.6 Å². The van der Waals surface area contributed by atoms with Crippen molar-refractivity contribution in [2.45, 2.75) is 51.6 Å². The van der Waals surface area contributed by atoms with Crippen LogP contribution in [0.3, 0.4) is 0 Å². The number of urea groups is 1. The Hall–Kier alpha value is -2.24. The summed E-state index contributed by atoms with van der Waals surface area (Å²) in [5, 5.41) is 5.81. The SMILES string of the molecule is COc1ccc(CCC(=O)N2CCC(NC(=O)NC(C)C)CC2)cc1. The van der Waals surface area contributed by atoms with Crippen LogP contribution in [0.5, 0.6) is 5.75 Å². The molecule has 1 saturated heterocycles. The van der Waals surface area contributed by atoms with Gasteiger partial charge in [0.15, 0.2) is 0 Å². The highest BCUT2D eigenvalue weighted by atomic mass is 16.5. The van der Waals surface area contributed by atoms with Crippen molar-refractivity contribution in [3.63, 3.8) is 0 Å². The van der Waals surface area contributed by atoms with Crippen molar-refractivity contribution in [1.82, 2.24) is 15.5 Å². The fraction of sp³-hybridized carbons (Fsp3) is 0.579. The normalized spacial score (nSPS) is 15.1. The lowest BCUT2D eigenvalue weighted by atomic mass is 10.0. The van der Waals surface area contributed by atoms with E-state index >= 15 is 0 Å². The summed E-state index contributed by atoms with van der Waals surface area (Å²) in [5.74, 6) is 1.01. The Labute approximate surface area is 149 Å². The summed E-state index contributed by atoms with van der Waals surface area (Å²) in [6.45, 7) is 5.27. The molecule has 25 heavy (non-hydrogen) atoms. The molecule has 0 aromatic heterocycles. The van der Waals surface area contributed by atoms with E-state index in [1.807, 2.05) is 43.0 Å². The van der Waals surface area contributed by atoms with Gasteiger partial charge in [0.1, 0.15) is 5.75 Å². The first-order valence-electron chi connectivity index (χ1n) is 8.95. The van der Waals surface area contributed by atoms with Gasteiger partial charge in [0.25, 0.3) is 0 Å². The summed E-state index contributed by atoms with van der Waals surface area (Å²) >= 11 is 0. The maximum atomic E-state index is 12.4. The quantitative estimate of drug-likeness (QED) is 0.830. The average molecular weight is 347 g/mol. The summed E-state index contributed by atoms with van der Waals surface area (Å²) in [7, 11) is 1.64. The van der Waals surface area contributed by atoms with Crippen LogP contribution in [0.1, 0.15) is 38.7 Å². The van der Waals surface area contributed by atoms with Gasteiger partial charge in [-0.15, -0.1) is 0 Å². The van der Waals surface area contributed by atoms with E-state index in [9.17, 15) is 9.59 Å². The van der Waals surface area contributed by atoms with Gasteiger partial charge in [0, 0.05) is 31.6 Å². The van der Waals surface area contributed by atoms with Crippen LogP contribution in [-0.2, 0) is 11.2 Å². The third-order valence-electron chi connectivity index (χ3n) is 4.39. The number of likely N-dealkylation sites (tertiary alicyclic amines) is 1. The maximum absolute atomic E-state index is 12.4. The van der Waals surface area contributed by atoms with E-state index in [1.54, 1.807) is 7.11 Å². The van der Waals surface area contributed by atoms with Crippen molar-refractivity contribution in [3.8, 4) is 5.75 Å². The molecule has 2 N–H and O–H groups in total. The monoisotopic (exact) mass is 347 g/mol. The number of hydrogen-bond donors (Lipinski definition) is 2. The second kappa shape index (κ2) is 9.30. The smallest absolute Gasteiger partial charge is 0.315 e. The first kappa shape index (κ1) is 19.1. The number of ether oxygens (including phenoxy) is 1. The molecule has 1 aromatic rings. The van der Waals surface area contributed by atoms with Crippen molar-refractivity contribution in [2.75, 3.05) is 20.2 Å². The highest BCUT2D eigenvalue weighted by molar-refractivity contribution is 5.77. The molecule has 1 aromatic carbocycles. The van der Waals surface area contributed by atoms with E-state index in [4.69, 9.17) is 4.74 Å². The zero-order valence-corrected chi connectivity index (χ0v) is 15.4. The molecule has 0 spiro atoms. The lowest BCUT2D eigenvalue weighted by Gasteiger charge is -2.32. The first-order valence-corrected chi connectivity index (χ1v) is 8.95. The van der Waals surface area contributed by atoms with Crippen LogP contribution in [0, 0.1) is 0 Å². The van der Waals surface area contributed by atoms with Crippen LogP contribution in [0.15, 0.2) is 24.3 Å². The van der Waals surface area contributed by atoms with Crippen LogP contribution >= 0.6 is 0 Å². The van der Waals surface area contributed by atoms with Gasteiger partial charge in [-0.1, -0.05) is 12.1 Å². The van der Waals surface area contributed by atoms with Gasteiger partial charge in [0.05, 0.1) is 7.11 Å². The second-order valence-corrected chi connectivity index (χ2v) is 6.78. The lowest BCUT2D eigenvalue weighted by molar-refractivity contribution is -0.132. The predicted molar refractivity (Wildman–Crippen MR) is 97.7 cm³/mol. The Morgan fingerprint density at radius 1 is 1.20 bits per heavy atom. The molecule has 1 aliphatic rings. The van der Waals surface area contributed by atoms with Crippen molar-refractivity contribution >= 4 is 11.9 Å². The van der Waals surface area contributed by atoms with E-state index in [0.717, 1.165) is 30.6 Å². The van der Waals surface area contributed by atoms with Crippen molar-refractivity contribution < 1.29 is 14.3 Å². The van der Waals surface area contributed by atoms with Gasteiger partial charge in [0.2, 0.25) is 5.91 Å². The van der Waals surface area contributed by atoms with Crippen LogP contribution in [-0.4, -0.2) is 49.1 Å². The van der Waals surface area contributed by atoms with Crippen LogP contribution < -0.4 is 15.4 Å². The molecule has 0 unspecified atom stereocenters. The zero-order valence-electron chi connectivity index (χ0n) is 15.4. The summed E-state index contributed by atoms with van der Waals surface area (Å²) in [6.07, 6.45) is 2.86. The molecule has 0 aliphatic carbocycles. The molecule has 1 heterocycles. The first-order chi connectivity index (χ1) is 12.0. The molecule has 3 amide bonds. The number of piperidine rings is 1. The summed E-state index contributed by atoms with van der Waals surface area (Å²) < 4.78 is 5.14. The molecule has 0 atom stereocenters. The number of aryl methyl sites for hydroxylation is 1. The summed E-state index contributed by atoms with van der Waals surface area (Å²) in [6, 6.07) is 7.96. The fourth-order valence-electron chi connectivity index (χ4n) is 2.96. The minimum Gasteiger partial charge on any atom is -0.497 e. The number of amides is 3. The number of carbonyl (C=O) groups excluding carboxylic acids is 2. The number of methoxy groups -OCH3 is 1. The number of hydrogen-bond acceptors (Lipinski definition) is 3. The molecule has 1 fully saturated rings. The van der Waals surface area contributed by atoms with Crippen molar-refractivity contribution in [3.05, 3.63) is 29.8 Å². The Bertz CT molecular complexity index is 564. The fourth-order valence-corrected chi connectivity index (χ4v) is 2.96. The molecule has 1 aliphatic heterocycles. The van der Waals surface area contributed by atoms with E-state index < -0.39 is 0 Å². The highest BCUT2D eigenvalue weighted by Crippen LogP contribution is 2.15. The third kappa shape index (κ3) is 6.29. The number of carbonyl (C=O) groups is 2. The zero-order chi connectivity index (χ0) is 18.2. The highest BCUT2D eigenvalue weighted by Gasteiger charge is 2.23. The molecule has 6 heteroatoms. The predicted octanol–water partition coefficient (Wildman–Crippen LogP) is 2.33. The number of rotatable bonds is 6. The van der Waals surface area contributed by atoms with E-state index in [0.29, 0.717) is 19.5 Å². The lowest BCUT2D eigenvalue weighted by Crippen LogP contribution is -2.50. The van der Waals surface area contributed by atoms with Crippen molar-refractivity contribution in [1.29, 1.82) is 0 Å². The molecular weight excluding hydrogens is 318 g/mol. The summed E-state index contributed by atoms with van der Waals surface area (Å²) in [5.41, 5.74) is 1.14. The van der Waals surface area contributed by atoms with Crippen LogP contribution in [0.25, 0.3) is 0 Å². The molecule has 0 radical (unpaired) electrons. The Kier molecular flexibility index (Phi) is 7.10. The largest absolute Gasteiger partial charge is 0.497 e. The van der Waals surface area contributed by atoms with Crippen LogP contribution in [0.2, 0.25) is 0 Å². The molecule has 6 nitrogen and oxygen atoms in total. The van der Waals surface area contributed by atoms with Crippen LogP contribution in [0.4, 0.5) is 4.79 Å². The standard InChI is InChI=1S/C19H29N3O3/c1-14(2)20-19(24)21-16-10-12-22(13-11-16)18(23)9-6-15-4-7-17(25-3)8-5-15/h4-5,7-8,14,16H,6,9-13H2,1-3H3,(H2,20,21,24). The van der Waals surface area contributed by atoms with Gasteiger partial charge in [-0.3, -0.25) is 4.79 Å². The Morgan fingerprint density at radius 3 is 2.40 bits per heavy atom.